The van der Waals surface area contributed by atoms with Gasteiger partial charge in [0.2, 0.25) is 0 Å². The highest BCUT2D eigenvalue weighted by Crippen LogP contribution is 2.53. The molecule has 0 bridgehead atoms. The van der Waals surface area contributed by atoms with Crippen molar-refractivity contribution in [2.24, 2.45) is 5.10 Å². The van der Waals surface area contributed by atoms with Crippen molar-refractivity contribution in [2.75, 3.05) is 37.1 Å². The average Bonchev–Trinajstić information content (AvgIpc) is 3.27. The van der Waals surface area contributed by atoms with Crippen molar-refractivity contribution < 1.29 is 0 Å². The molecule has 2 unspecified atom stereocenters. The summed E-state index contributed by atoms with van der Waals surface area (Å²) < 4.78 is 0. The van der Waals surface area contributed by atoms with Gasteiger partial charge in [-0.3, -0.25) is 5.01 Å². The summed E-state index contributed by atoms with van der Waals surface area (Å²) >= 11 is 0. The number of hydrogen-bond donors (Lipinski definition) is 0. The van der Waals surface area contributed by atoms with Crippen LogP contribution in [0.15, 0.2) is 114 Å². The van der Waals surface area contributed by atoms with E-state index in [1.807, 2.05) is 0 Å². The fourth-order valence-electron chi connectivity index (χ4n) is 5.70. The first-order chi connectivity index (χ1) is 17.7. The molecule has 2 aliphatic rings. The van der Waals surface area contributed by atoms with Crippen LogP contribution in [0.25, 0.3) is 0 Å². The summed E-state index contributed by atoms with van der Waals surface area (Å²) in [5, 5.41) is 7.60. The molecule has 0 amide bonds. The molecule has 6 rings (SSSR count). The van der Waals surface area contributed by atoms with Crippen molar-refractivity contribution in [3.05, 3.63) is 126 Å². The maximum Gasteiger partial charge on any atom is 0.0921 e. The quantitative estimate of drug-likeness (QED) is 0.307. The summed E-state index contributed by atoms with van der Waals surface area (Å²) in [5.41, 5.74) is 8.65. The lowest BCUT2D eigenvalue weighted by molar-refractivity contribution is 0.402. The Morgan fingerprint density at radius 1 is 0.694 bits per heavy atom. The zero-order chi connectivity index (χ0) is 24.5. The fraction of sp³-hybridized carbons (Fsp3) is 0.219. The monoisotopic (exact) mass is 472 g/mol. The van der Waals surface area contributed by atoms with E-state index in [0.717, 1.165) is 30.9 Å². The van der Waals surface area contributed by atoms with E-state index in [-0.39, 0.29) is 12.0 Å². The van der Waals surface area contributed by atoms with Gasteiger partial charge in [0.25, 0.3) is 0 Å². The van der Waals surface area contributed by atoms with Crippen molar-refractivity contribution in [3.63, 3.8) is 0 Å². The largest absolute Gasteiger partial charge is 0.341 e. The molecule has 0 aromatic heterocycles. The van der Waals surface area contributed by atoms with Gasteiger partial charge in [-0.15, -0.1) is 0 Å². The molecule has 0 radical (unpaired) electrons. The van der Waals surface area contributed by atoms with Crippen LogP contribution in [0.2, 0.25) is 0 Å². The van der Waals surface area contributed by atoms with Gasteiger partial charge in [-0.25, -0.2) is 0 Å². The third-order valence-electron chi connectivity index (χ3n) is 7.28. The second kappa shape index (κ2) is 9.63. The minimum absolute atomic E-state index is 0.0683. The zero-order valence-electron chi connectivity index (χ0n) is 21.0. The number of nitrogens with zero attached hydrogens (tertiary/aromatic N) is 4. The van der Waals surface area contributed by atoms with Crippen LogP contribution >= 0.6 is 0 Å². The summed E-state index contributed by atoms with van der Waals surface area (Å²) in [6, 6.07) is 39.3. The highest BCUT2D eigenvalue weighted by molar-refractivity contribution is 6.09. The maximum absolute atomic E-state index is 5.35. The molecule has 0 saturated heterocycles. The van der Waals surface area contributed by atoms with Crippen molar-refractivity contribution in [3.8, 4) is 0 Å². The maximum atomic E-state index is 5.35. The minimum atomic E-state index is 0.0683. The van der Waals surface area contributed by atoms with Gasteiger partial charge in [0, 0.05) is 23.5 Å². The molecule has 4 heteroatoms. The van der Waals surface area contributed by atoms with Gasteiger partial charge >= 0.3 is 0 Å². The molecule has 0 spiro atoms. The van der Waals surface area contributed by atoms with Crippen molar-refractivity contribution in [1.29, 1.82) is 0 Å². The number of hydrogen-bond acceptors (Lipinski definition) is 4. The number of fused-ring (bicyclic) bond motifs is 5. The molecule has 0 N–H and O–H groups in total. The molecule has 180 valence electrons. The van der Waals surface area contributed by atoms with E-state index in [1.165, 1.54) is 28.1 Å². The summed E-state index contributed by atoms with van der Waals surface area (Å²) in [5.74, 6) is 0.115. The van der Waals surface area contributed by atoms with Crippen molar-refractivity contribution >= 4 is 22.8 Å². The minimum Gasteiger partial charge on any atom is -0.341 e. The van der Waals surface area contributed by atoms with Crippen LogP contribution in [0.1, 0.15) is 35.1 Å². The van der Waals surface area contributed by atoms with Gasteiger partial charge in [0.15, 0.2) is 0 Å². The lowest BCUT2D eigenvalue weighted by Crippen LogP contribution is -2.25. The molecule has 4 aromatic carbocycles. The van der Waals surface area contributed by atoms with E-state index in [4.69, 9.17) is 5.10 Å². The van der Waals surface area contributed by atoms with E-state index in [0.29, 0.717) is 0 Å². The van der Waals surface area contributed by atoms with Gasteiger partial charge in [-0.1, -0.05) is 84.9 Å². The first kappa shape index (κ1) is 22.6. The van der Waals surface area contributed by atoms with E-state index in [2.05, 4.69) is 138 Å². The number of para-hydroxylation sites is 3. The third kappa shape index (κ3) is 3.98. The van der Waals surface area contributed by atoms with Crippen LogP contribution in [0.4, 0.5) is 17.1 Å². The van der Waals surface area contributed by atoms with Crippen LogP contribution in [0, 0.1) is 0 Å². The lowest BCUT2D eigenvalue weighted by atomic mass is 9.82. The molecule has 2 aliphatic heterocycles. The first-order valence-corrected chi connectivity index (χ1v) is 12.8. The number of hydrazone groups is 1. The Morgan fingerprint density at radius 3 is 1.97 bits per heavy atom. The van der Waals surface area contributed by atoms with Crippen LogP contribution in [-0.4, -0.2) is 37.8 Å². The molecular weight excluding hydrogens is 440 g/mol. The highest BCUT2D eigenvalue weighted by atomic mass is 15.5. The van der Waals surface area contributed by atoms with Crippen molar-refractivity contribution in [1.82, 2.24) is 4.90 Å². The van der Waals surface area contributed by atoms with Crippen LogP contribution in [-0.2, 0) is 0 Å². The molecular formula is C32H32N4. The SMILES string of the molecule is CN(C)CCCN1c2ccccc2C2C(c3ccccc3)=NN(c3ccccc3)C2c2ccccc21. The predicted octanol–water partition coefficient (Wildman–Crippen LogP) is 6.84. The normalized spacial score (nSPS) is 18.4. The van der Waals surface area contributed by atoms with E-state index < -0.39 is 0 Å². The molecule has 0 aliphatic carbocycles. The van der Waals surface area contributed by atoms with Gasteiger partial charge in [0.05, 0.1) is 23.4 Å². The topological polar surface area (TPSA) is 22.1 Å². The Hall–Kier alpha value is -3.89. The predicted molar refractivity (Wildman–Crippen MR) is 150 cm³/mol. The third-order valence-corrected chi connectivity index (χ3v) is 7.28. The zero-order valence-corrected chi connectivity index (χ0v) is 21.0. The second-order valence-electron chi connectivity index (χ2n) is 9.88. The van der Waals surface area contributed by atoms with E-state index >= 15 is 0 Å². The Kier molecular flexibility index (Phi) is 6.04. The number of anilines is 3. The fourth-order valence-corrected chi connectivity index (χ4v) is 5.70. The smallest absolute Gasteiger partial charge is 0.0921 e. The van der Waals surface area contributed by atoms with Gasteiger partial charge in [-0.2, -0.15) is 5.10 Å². The van der Waals surface area contributed by atoms with Crippen LogP contribution in [0.5, 0.6) is 0 Å². The average molecular weight is 473 g/mol. The Labute approximate surface area is 214 Å². The Morgan fingerprint density at radius 2 is 1.28 bits per heavy atom. The lowest BCUT2D eigenvalue weighted by Gasteiger charge is -2.30. The molecule has 4 aromatic rings. The highest BCUT2D eigenvalue weighted by Gasteiger charge is 2.45. The Bertz CT molecular complexity index is 1360. The molecule has 4 nitrogen and oxygen atoms in total. The van der Waals surface area contributed by atoms with Crippen LogP contribution < -0.4 is 9.91 Å². The van der Waals surface area contributed by atoms with Gasteiger partial charge < -0.3 is 9.80 Å². The number of rotatable bonds is 6. The summed E-state index contributed by atoms with van der Waals surface area (Å²) in [6.45, 7) is 2.02. The molecule has 36 heavy (non-hydrogen) atoms. The molecule has 0 saturated carbocycles. The van der Waals surface area contributed by atoms with E-state index in [9.17, 15) is 0 Å². The van der Waals surface area contributed by atoms with Crippen LogP contribution in [0.3, 0.4) is 0 Å². The molecule has 0 fully saturated rings. The standard InChI is InChI=1S/C32H32N4/c1-34(2)22-13-23-35-28-20-11-9-18-26(28)30-31(24-14-5-3-6-15-24)33-36(25-16-7-4-8-17-25)32(30)27-19-10-12-21-29(27)35/h3-12,14-21,30,32H,13,22-23H2,1-2H3. The summed E-state index contributed by atoms with van der Waals surface area (Å²) in [7, 11) is 4.30. The summed E-state index contributed by atoms with van der Waals surface area (Å²) in [4.78, 5) is 4.81. The second-order valence-corrected chi connectivity index (χ2v) is 9.88. The van der Waals surface area contributed by atoms with Crippen molar-refractivity contribution in [2.45, 2.75) is 18.4 Å². The van der Waals surface area contributed by atoms with Gasteiger partial charge in [0.1, 0.15) is 0 Å². The first-order valence-electron chi connectivity index (χ1n) is 12.8. The molecule has 2 atom stereocenters. The summed E-state index contributed by atoms with van der Waals surface area (Å²) in [6.07, 6.45) is 1.09. The Balaban J connectivity index is 1.58. The van der Waals surface area contributed by atoms with E-state index in [1.54, 1.807) is 0 Å². The number of benzene rings is 4. The van der Waals surface area contributed by atoms with Gasteiger partial charge in [-0.05, 0) is 62.5 Å². The molecule has 2 heterocycles.